The van der Waals surface area contributed by atoms with Crippen LogP contribution in [0.1, 0.15) is 36.5 Å². The van der Waals surface area contributed by atoms with Crippen LogP contribution in [0.5, 0.6) is 0 Å². The van der Waals surface area contributed by atoms with Crippen LogP contribution < -0.4 is 16.2 Å². The number of nitrogens with one attached hydrogen (secondary N) is 2. The van der Waals surface area contributed by atoms with E-state index in [1.54, 1.807) is 4.57 Å². The molecular formula is C19H22N4O5. The van der Waals surface area contributed by atoms with Gasteiger partial charge >= 0.3 is 12.0 Å². The second-order valence-electron chi connectivity index (χ2n) is 7.05. The Kier molecular flexibility index (Phi) is 5.72. The Morgan fingerprint density at radius 3 is 2.82 bits per heavy atom. The molecule has 9 heteroatoms. The molecule has 1 aromatic heterocycles. The molecule has 0 radical (unpaired) electrons. The first kappa shape index (κ1) is 19.5. The first-order valence-electron chi connectivity index (χ1n) is 9.13. The average Bonchev–Trinajstić information content (AvgIpc) is 3.13. The molecule has 0 aliphatic carbocycles. The maximum Gasteiger partial charge on any atom is 0.338 e. The maximum absolute atomic E-state index is 12.4. The molecule has 0 saturated heterocycles. The lowest BCUT2D eigenvalue weighted by molar-refractivity contribution is -0.123. The molecule has 1 aliphatic rings. The number of hydrogen-bond donors (Lipinski definition) is 2. The number of esters is 1. The summed E-state index contributed by atoms with van der Waals surface area (Å²) in [6.07, 6.45) is 1.59. The number of amides is 3. The minimum absolute atomic E-state index is 0.121. The van der Waals surface area contributed by atoms with Crippen molar-refractivity contribution in [3.05, 3.63) is 39.9 Å². The molecular weight excluding hydrogens is 364 g/mol. The van der Waals surface area contributed by atoms with Gasteiger partial charge in [-0.25, -0.2) is 14.6 Å². The van der Waals surface area contributed by atoms with Gasteiger partial charge in [-0.15, -0.1) is 0 Å². The monoisotopic (exact) mass is 386 g/mol. The van der Waals surface area contributed by atoms with E-state index in [4.69, 9.17) is 4.74 Å². The third kappa shape index (κ3) is 4.36. The number of carbonyl (C=O) groups is 3. The second kappa shape index (κ2) is 8.20. The number of aromatic nitrogens is 2. The highest BCUT2D eigenvalue weighted by Crippen LogP contribution is 2.16. The fourth-order valence-corrected chi connectivity index (χ4v) is 2.93. The summed E-state index contributed by atoms with van der Waals surface area (Å²) in [5, 5.41) is 5.04. The first-order valence-corrected chi connectivity index (χ1v) is 9.13. The number of carbonyl (C=O) groups excluding carboxylic acids is 3. The average molecular weight is 386 g/mol. The van der Waals surface area contributed by atoms with Crippen LogP contribution in [-0.4, -0.2) is 40.6 Å². The number of rotatable bonds is 5. The number of aryl methyl sites for hydroxylation is 1. The third-order valence-corrected chi connectivity index (χ3v) is 4.31. The number of fused-ring (bicyclic) bond motifs is 2. The molecule has 3 rings (SSSR count). The predicted octanol–water partition coefficient (Wildman–Crippen LogP) is 0.981. The van der Waals surface area contributed by atoms with Crippen LogP contribution >= 0.6 is 0 Å². The Hall–Kier alpha value is -3.23. The summed E-state index contributed by atoms with van der Waals surface area (Å²) in [6.45, 7) is 4.33. The van der Waals surface area contributed by atoms with Crippen LogP contribution in [0.15, 0.2) is 23.0 Å². The Morgan fingerprint density at radius 1 is 1.29 bits per heavy atom. The third-order valence-electron chi connectivity index (χ3n) is 4.31. The van der Waals surface area contributed by atoms with Crippen molar-refractivity contribution in [2.75, 3.05) is 13.2 Å². The van der Waals surface area contributed by atoms with Gasteiger partial charge in [0.2, 0.25) is 0 Å². The van der Waals surface area contributed by atoms with Crippen LogP contribution in [0.3, 0.4) is 0 Å². The van der Waals surface area contributed by atoms with Crippen molar-refractivity contribution in [1.82, 2.24) is 20.2 Å². The molecule has 2 heterocycles. The van der Waals surface area contributed by atoms with Crippen molar-refractivity contribution in [2.24, 2.45) is 5.92 Å². The summed E-state index contributed by atoms with van der Waals surface area (Å²) in [7, 11) is 0. The first-order chi connectivity index (χ1) is 13.3. The number of ether oxygens (including phenoxy) is 1. The van der Waals surface area contributed by atoms with Crippen molar-refractivity contribution in [2.45, 2.75) is 33.2 Å². The molecule has 1 aliphatic heterocycles. The summed E-state index contributed by atoms with van der Waals surface area (Å²) in [6, 6.07) is 3.83. The van der Waals surface area contributed by atoms with Gasteiger partial charge in [0.1, 0.15) is 5.82 Å². The molecule has 0 saturated carbocycles. The van der Waals surface area contributed by atoms with Crippen LogP contribution in [-0.2, 0) is 22.5 Å². The van der Waals surface area contributed by atoms with E-state index >= 15 is 0 Å². The molecule has 3 amide bonds. The van der Waals surface area contributed by atoms with Gasteiger partial charge in [0.25, 0.3) is 11.5 Å². The highest BCUT2D eigenvalue weighted by Gasteiger charge is 2.18. The van der Waals surface area contributed by atoms with Gasteiger partial charge in [-0.1, -0.05) is 13.8 Å². The van der Waals surface area contributed by atoms with Gasteiger partial charge < -0.3 is 10.1 Å². The molecule has 0 bridgehead atoms. The topological polar surface area (TPSA) is 119 Å². The molecule has 0 spiro atoms. The molecule has 1 aromatic carbocycles. The number of nitrogens with zero attached hydrogens (tertiary/aromatic N) is 2. The van der Waals surface area contributed by atoms with Crippen molar-refractivity contribution >= 4 is 28.8 Å². The minimum Gasteiger partial charge on any atom is -0.452 e. The van der Waals surface area contributed by atoms with Gasteiger partial charge in [0.15, 0.2) is 6.61 Å². The highest BCUT2D eigenvalue weighted by molar-refractivity contribution is 5.98. The lowest BCUT2D eigenvalue weighted by Crippen LogP contribution is -2.42. The molecule has 9 nitrogen and oxygen atoms in total. The molecule has 0 atom stereocenters. The van der Waals surface area contributed by atoms with E-state index in [2.05, 4.69) is 15.6 Å². The van der Waals surface area contributed by atoms with Crippen LogP contribution in [0.2, 0.25) is 0 Å². The van der Waals surface area contributed by atoms with Crippen molar-refractivity contribution < 1.29 is 19.1 Å². The van der Waals surface area contributed by atoms with Gasteiger partial charge in [0.05, 0.1) is 16.5 Å². The quantitative estimate of drug-likeness (QED) is 0.740. The minimum atomic E-state index is -0.734. The molecule has 2 N–H and O–H groups in total. The summed E-state index contributed by atoms with van der Waals surface area (Å²) < 4.78 is 6.59. The summed E-state index contributed by atoms with van der Waals surface area (Å²) in [5.74, 6) is -0.518. The van der Waals surface area contributed by atoms with Crippen LogP contribution in [0.4, 0.5) is 4.79 Å². The van der Waals surface area contributed by atoms with Crippen LogP contribution in [0, 0.1) is 5.92 Å². The van der Waals surface area contributed by atoms with E-state index in [9.17, 15) is 19.2 Å². The van der Waals surface area contributed by atoms with E-state index in [1.165, 1.54) is 18.2 Å². The zero-order chi connectivity index (χ0) is 20.3. The number of urea groups is 1. The van der Waals surface area contributed by atoms with Gasteiger partial charge in [-0.3, -0.25) is 19.5 Å². The van der Waals surface area contributed by atoms with E-state index < -0.39 is 24.5 Å². The lowest BCUT2D eigenvalue weighted by Gasteiger charge is -2.09. The SMILES string of the molecule is CC(C)CNC(=O)NC(=O)COC(=O)c1ccc2c(=O)n3c(nc2c1)CCC3. The van der Waals surface area contributed by atoms with E-state index in [0.717, 1.165) is 12.8 Å². The van der Waals surface area contributed by atoms with E-state index in [-0.39, 0.29) is 17.0 Å². The summed E-state index contributed by atoms with van der Waals surface area (Å²) in [5.41, 5.74) is 0.480. The molecule has 28 heavy (non-hydrogen) atoms. The second-order valence-corrected chi connectivity index (χ2v) is 7.05. The standard InChI is InChI=1S/C19H22N4O5/c1-11(2)9-20-19(27)22-16(24)10-28-18(26)12-5-6-13-14(8-12)21-15-4-3-7-23(15)17(13)25/h5-6,8,11H,3-4,7,9-10H2,1-2H3,(H2,20,22,24,27). The van der Waals surface area contributed by atoms with E-state index in [1.807, 2.05) is 13.8 Å². The number of benzene rings is 1. The lowest BCUT2D eigenvalue weighted by atomic mass is 10.1. The molecule has 0 unspecified atom stereocenters. The molecule has 0 fully saturated rings. The summed E-state index contributed by atoms with van der Waals surface area (Å²) in [4.78, 5) is 52.3. The number of imide groups is 1. The Labute approximate surface area is 161 Å². The zero-order valence-electron chi connectivity index (χ0n) is 15.8. The Bertz CT molecular complexity index is 996. The predicted molar refractivity (Wildman–Crippen MR) is 101 cm³/mol. The van der Waals surface area contributed by atoms with Crippen molar-refractivity contribution in [1.29, 1.82) is 0 Å². The molecule has 2 aromatic rings. The van der Waals surface area contributed by atoms with Crippen LogP contribution in [0.25, 0.3) is 10.9 Å². The fourth-order valence-electron chi connectivity index (χ4n) is 2.93. The highest BCUT2D eigenvalue weighted by atomic mass is 16.5. The largest absolute Gasteiger partial charge is 0.452 e. The maximum atomic E-state index is 12.4. The Balaban J connectivity index is 1.62. The normalized spacial score (nSPS) is 12.7. The van der Waals surface area contributed by atoms with Crippen molar-refractivity contribution in [3.63, 3.8) is 0 Å². The Morgan fingerprint density at radius 2 is 2.07 bits per heavy atom. The fraction of sp³-hybridized carbons (Fsp3) is 0.421. The van der Waals surface area contributed by atoms with E-state index in [0.29, 0.717) is 29.8 Å². The summed E-state index contributed by atoms with van der Waals surface area (Å²) >= 11 is 0. The smallest absolute Gasteiger partial charge is 0.338 e. The van der Waals surface area contributed by atoms with Gasteiger partial charge in [-0.2, -0.15) is 0 Å². The molecule has 148 valence electrons. The zero-order valence-corrected chi connectivity index (χ0v) is 15.8. The van der Waals surface area contributed by atoms with Gasteiger partial charge in [0, 0.05) is 19.5 Å². The van der Waals surface area contributed by atoms with Crippen molar-refractivity contribution in [3.8, 4) is 0 Å². The van der Waals surface area contributed by atoms with Gasteiger partial charge in [-0.05, 0) is 30.5 Å². The number of hydrogen-bond acceptors (Lipinski definition) is 6.